The summed E-state index contributed by atoms with van der Waals surface area (Å²) in [5.41, 5.74) is 0. The van der Waals surface area contributed by atoms with Crippen LogP contribution in [0.5, 0.6) is 5.75 Å². The highest BCUT2D eigenvalue weighted by Crippen LogP contribution is 2.19. The quantitative estimate of drug-likeness (QED) is 0.531. The van der Waals surface area contributed by atoms with E-state index < -0.39 is 0 Å². The molecule has 1 rings (SSSR count). The third-order valence-electron chi connectivity index (χ3n) is 2.23. The van der Waals surface area contributed by atoms with Gasteiger partial charge < -0.3 is 9.47 Å². The Kier molecular flexibility index (Phi) is 7.59. The van der Waals surface area contributed by atoms with Crippen LogP contribution in [0.4, 0.5) is 0 Å². The Morgan fingerprint density at radius 2 is 1.81 bits per heavy atom. The number of benzene rings is 1. The molecule has 0 aromatic heterocycles. The van der Waals surface area contributed by atoms with Crippen molar-refractivity contribution < 1.29 is 9.47 Å². The summed E-state index contributed by atoms with van der Waals surface area (Å²) in [6.45, 7) is 4.52. The highest BCUT2D eigenvalue weighted by Gasteiger charge is 1.98. The van der Waals surface area contributed by atoms with Gasteiger partial charge in [-0.2, -0.15) is 0 Å². The van der Waals surface area contributed by atoms with E-state index in [1.54, 1.807) is 0 Å². The zero-order valence-corrected chi connectivity index (χ0v) is 11.9. The first-order chi connectivity index (χ1) is 7.84. The molecular weight excluding hydrogens is 315 g/mol. The number of rotatable bonds is 8. The molecule has 0 bridgehead atoms. The first-order valence-corrected chi connectivity index (χ1v) is 6.87. The molecule has 2 nitrogen and oxygen atoms in total. The number of hydrogen-bond donors (Lipinski definition) is 0. The summed E-state index contributed by atoms with van der Waals surface area (Å²) in [4.78, 5) is 0. The molecule has 0 aliphatic rings. The minimum Gasteiger partial charge on any atom is -0.492 e. The van der Waals surface area contributed by atoms with Gasteiger partial charge in [0.1, 0.15) is 5.75 Å². The summed E-state index contributed by atoms with van der Waals surface area (Å²) < 4.78 is 12.1. The monoisotopic (exact) mass is 334 g/mol. The molecule has 0 saturated carbocycles. The van der Waals surface area contributed by atoms with Crippen LogP contribution in [-0.2, 0) is 4.74 Å². The predicted octanol–water partition coefficient (Wildman–Crippen LogP) is 3.88. The van der Waals surface area contributed by atoms with E-state index in [9.17, 15) is 0 Å². The van der Waals surface area contributed by atoms with Crippen LogP contribution < -0.4 is 4.74 Å². The molecule has 1 aromatic carbocycles. The van der Waals surface area contributed by atoms with Crippen molar-refractivity contribution >= 4 is 22.6 Å². The van der Waals surface area contributed by atoms with Crippen LogP contribution in [0.15, 0.2) is 24.3 Å². The Balaban J connectivity index is 2.05. The van der Waals surface area contributed by atoms with Crippen LogP contribution in [-0.4, -0.2) is 19.8 Å². The van der Waals surface area contributed by atoms with Crippen molar-refractivity contribution in [3.05, 3.63) is 27.8 Å². The number of ether oxygens (including phenoxy) is 2. The number of halogens is 1. The first kappa shape index (κ1) is 13.8. The van der Waals surface area contributed by atoms with Crippen molar-refractivity contribution in [2.45, 2.75) is 26.2 Å². The molecular formula is C13H19IO2. The molecule has 16 heavy (non-hydrogen) atoms. The van der Waals surface area contributed by atoms with E-state index >= 15 is 0 Å². The van der Waals surface area contributed by atoms with E-state index in [2.05, 4.69) is 28.7 Å². The SMILES string of the molecule is CCOCCCCCOc1ccccc1I. The van der Waals surface area contributed by atoms with Gasteiger partial charge in [-0.05, 0) is 60.9 Å². The lowest BCUT2D eigenvalue weighted by Gasteiger charge is -2.07. The van der Waals surface area contributed by atoms with Gasteiger partial charge in [0.05, 0.1) is 10.2 Å². The zero-order valence-electron chi connectivity index (χ0n) is 9.75. The lowest BCUT2D eigenvalue weighted by Crippen LogP contribution is -2.00. The molecule has 0 N–H and O–H groups in total. The van der Waals surface area contributed by atoms with Crippen molar-refractivity contribution in [2.24, 2.45) is 0 Å². The molecule has 0 aliphatic carbocycles. The molecule has 0 atom stereocenters. The van der Waals surface area contributed by atoms with E-state index in [1.807, 2.05) is 25.1 Å². The van der Waals surface area contributed by atoms with Gasteiger partial charge in [0.2, 0.25) is 0 Å². The van der Waals surface area contributed by atoms with Crippen molar-refractivity contribution in [3.8, 4) is 5.75 Å². The molecule has 0 spiro atoms. The van der Waals surface area contributed by atoms with Crippen LogP contribution in [0, 0.1) is 3.57 Å². The third kappa shape index (κ3) is 5.70. The molecule has 0 amide bonds. The second-order valence-corrected chi connectivity index (χ2v) is 4.70. The van der Waals surface area contributed by atoms with Crippen LogP contribution in [0.25, 0.3) is 0 Å². The highest BCUT2D eigenvalue weighted by atomic mass is 127. The number of hydrogen-bond acceptors (Lipinski definition) is 2. The standard InChI is InChI=1S/C13H19IO2/c1-2-15-10-6-3-7-11-16-13-9-5-4-8-12(13)14/h4-5,8-9H,2-3,6-7,10-11H2,1H3. The average Bonchev–Trinajstić information content (AvgIpc) is 2.30. The Morgan fingerprint density at radius 1 is 1.06 bits per heavy atom. The zero-order chi connectivity index (χ0) is 11.6. The van der Waals surface area contributed by atoms with Gasteiger partial charge >= 0.3 is 0 Å². The lowest BCUT2D eigenvalue weighted by molar-refractivity contribution is 0.141. The maximum Gasteiger partial charge on any atom is 0.132 e. The van der Waals surface area contributed by atoms with Crippen LogP contribution in [0.1, 0.15) is 26.2 Å². The fraction of sp³-hybridized carbons (Fsp3) is 0.538. The second kappa shape index (κ2) is 8.82. The first-order valence-electron chi connectivity index (χ1n) is 5.79. The Hall–Kier alpha value is -0.290. The van der Waals surface area contributed by atoms with Gasteiger partial charge in [-0.25, -0.2) is 0 Å². The summed E-state index contributed by atoms with van der Waals surface area (Å²) in [5, 5.41) is 0. The van der Waals surface area contributed by atoms with Gasteiger partial charge in [-0.1, -0.05) is 12.1 Å². The molecule has 0 saturated heterocycles. The molecule has 3 heteroatoms. The van der Waals surface area contributed by atoms with Crippen LogP contribution in [0.2, 0.25) is 0 Å². The smallest absolute Gasteiger partial charge is 0.132 e. The third-order valence-corrected chi connectivity index (χ3v) is 3.12. The van der Waals surface area contributed by atoms with E-state index in [0.717, 1.165) is 38.4 Å². The maximum atomic E-state index is 5.70. The predicted molar refractivity (Wildman–Crippen MR) is 75.0 cm³/mol. The van der Waals surface area contributed by atoms with Gasteiger partial charge in [0.25, 0.3) is 0 Å². The van der Waals surface area contributed by atoms with Gasteiger partial charge in [0, 0.05) is 13.2 Å². The van der Waals surface area contributed by atoms with Gasteiger partial charge in [-0.15, -0.1) is 0 Å². The fourth-order valence-corrected chi connectivity index (χ4v) is 1.91. The second-order valence-electron chi connectivity index (χ2n) is 3.54. The Morgan fingerprint density at radius 3 is 2.56 bits per heavy atom. The average molecular weight is 334 g/mol. The van der Waals surface area contributed by atoms with Crippen molar-refractivity contribution in [1.82, 2.24) is 0 Å². The van der Waals surface area contributed by atoms with E-state index in [-0.39, 0.29) is 0 Å². The minimum atomic E-state index is 0.798. The summed E-state index contributed by atoms with van der Waals surface area (Å²) in [6.07, 6.45) is 3.39. The van der Waals surface area contributed by atoms with Crippen molar-refractivity contribution in [1.29, 1.82) is 0 Å². The minimum absolute atomic E-state index is 0.798. The van der Waals surface area contributed by atoms with Crippen molar-refractivity contribution in [2.75, 3.05) is 19.8 Å². The number of para-hydroxylation sites is 1. The molecule has 1 aromatic rings. The molecule has 0 fully saturated rings. The molecule has 0 radical (unpaired) electrons. The molecule has 0 heterocycles. The molecule has 0 unspecified atom stereocenters. The van der Waals surface area contributed by atoms with Crippen molar-refractivity contribution in [3.63, 3.8) is 0 Å². The topological polar surface area (TPSA) is 18.5 Å². The summed E-state index contributed by atoms with van der Waals surface area (Å²) in [7, 11) is 0. The largest absolute Gasteiger partial charge is 0.492 e. The molecule has 90 valence electrons. The lowest BCUT2D eigenvalue weighted by atomic mass is 10.2. The Bertz CT molecular complexity index is 289. The van der Waals surface area contributed by atoms with Gasteiger partial charge in [-0.3, -0.25) is 0 Å². The van der Waals surface area contributed by atoms with E-state index in [1.165, 1.54) is 9.99 Å². The summed E-state index contributed by atoms with van der Waals surface area (Å²) in [5.74, 6) is 0.993. The summed E-state index contributed by atoms with van der Waals surface area (Å²) >= 11 is 2.29. The maximum absolute atomic E-state index is 5.70. The van der Waals surface area contributed by atoms with Crippen LogP contribution in [0.3, 0.4) is 0 Å². The molecule has 0 aliphatic heterocycles. The highest BCUT2D eigenvalue weighted by molar-refractivity contribution is 14.1. The fourth-order valence-electron chi connectivity index (χ4n) is 1.37. The van der Waals surface area contributed by atoms with Gasteiger partial charge in [0.15, 0.2) is 0 Å². The van der Waals surface area contributed by atoms with Crippen LogP contribution >= 0.6 is 22.6 Å². The number of unbranched alkanes of at least 4 members (excludes halogenated alkanes) is 2. The van der Waals surface area contributed by atoms with E-state index in [4.69, 9.17) is 9.47 Å². The normalized spacial score (nSPS) is 10.4. The van der Waals surface area contributed by atoms with E-state index in [0.29, 0.717) is 0 Å². The Labute approximate surface area is 111 Å². The summed E-state index contributed by atoms with van der Waals surface area (Å²) in [6, 6.07) is 8.11.